The van der Waals surface area contributed by atoms with Gasteiger partial charge >= 0.3 is 0 Å². The standard InChI is InChI=1S/C38H22N4O/c1-7-17-29-23(11-1)24-12-2-8-18-30(24)41(29)32-21-34-37(26-14-4-10-20-33(26)43-34)38-36(32)25-13-3-9-19-31(25)42(38)35-22-39-27-15-5-6-16-28(27)40-35/h1-22H. The number of para-hydroxylation sites is 6. The average molecular weight is 551 g/mol. The quantitative estimate of drug-likeness (QED) is 0.215. The third-order valence-corrected chi connectivity index (χ3v) is 8.74. The lowest BCUT2D eigenvalue weighted by Crippen LogP contribution is -2.00. The summed E-state index contributed by atoms with van der Waals surface area (Å²) >= 11 is 0. The highest BCUT2D eigenvalue weighted by molar-refractivity contribution is 6.27. The molecule has 0 saturated heterocycles. The maximum Gasteiger partial charge on any atom is 0.156 e. The van der Waals surface area contributed by atoms with Crippen LogP contribution in [-0.4, -0.2) is 19.1 Å². The van der Waals surface area contributed by atoms with Gasteiger partial charge in [-0.15, -0.1) is 0 Å². The average Bonchev–Trinajstić information content (AvgIpc) is 3.72. The molecule has 0 aliphatic heterocycles. The van der Waals surface area contributed by atoms with E-state index in [9.17, 15) is 0 Å². The Kier molecular flexibility index (Phi) is 4.39. The molecule has 4 heterocycles. The number of fused-ring (bicyclic) bond motifs is 11. The number of furan rings is 1. The van der Waals surface area contributed by atoms with Crippen molar-refractivity contribution in [2.24, 2.45) is 0 Å². The number of hydrogen-bond donors (Lipinski definition) is 0. The molecule has 10 rings (SSSR count). The lowest BCUT2D eigenvalue weighted by atomic mass is 10.1. The van der Waals surface area contributed by atoms with E-state index in [-0.39, 0.29) is 0 Å². The molecule has 0 unspecified atom stereocenters. The van der Waals surface area contributed by atoms with Crippen LogP contribution in [-0.2, 0) is 0 Å². The van der Waals surface area contributed by atoms with E-state index in [1.54, 1.807) is 0 Å². The van der Waals surface area contributed by atoms with E-state index in [0.717, 1.165) is 77.3 Å². The summed E-state index contributed by atoms with van der Waals surface area (Å²) in [5.41, 5.74) is 8.94. The number of nitrogens with zero attached hydrogens (tertiary/aromatic N) is 4. The van der Waals surface area contributed by atoms with E-state index >= 15 is 0 Å². The zero-order chi connectivity index (χ0) is 28.1. The van der Waals surface area contributed by atoms with E-state index in [2.05, 4.69) is 100 Å². The van der Waals surface area contributed by atoms with Crippen molar-refractivity contribution < 1.29 is 4.42 Å². The molecule has 5 heteroatoms. The Labute approximate surface area is 244 Å². The summed E-state index contributed by atoms with van der Waals surface area (Å²) < 4.78 is 11.3. The molecule has 200 valence electrons. The van der Waals surface area contributed by atoms with E-state index in [1.165, 1.54) is 10.8 Å². The van der Waals surface area contributed by atoms with Crippen molar-refractivity contribution in [2.75, 3.05) is 0 Å². The molecule has 43 heavy (non-hydrogen) atoms. The van der Waals surface area contributed by atoms with Crippen molar-refractivity contribution in [1.29, 1.82) is 0 Å². The maximum absolute atomic E-state index is 6.62. The highest BCUT2D eigenvalue weighted by atomic mass is 16.3. The summed E-state index contributed by atoms with van der Waals surface area (Å²) in [6.45, 7) is 0. The van der Waals surface area contributed by atoms with E-state index in [0.29, 0.717) is 0 Å². The van der Waals surface area contributed by atoms with Gasteiger partial charge in [-0.3, -0.25) is 9.55 Å². The maximum atomic E-state index is 6.62. The van der Waals surface area contributed by atoms with Crippen molar-refractivity contribution in [3.63, 3.8) is 0 Å². The van der Waals surface area contributed by atoms with Crippen LogP contribution in [0.15, 0.2) is 138 Å². The molecule has 0 N–H and O–H groups in total. The van der Waals surface area contributed by atoms with Crippen molar-refractivity contribution in [3.8, 4) is 11.5 Å². The summed E-state index contributed by atoms with van der Waals surface area (Å²) in [7, 11) is 0. The summed E-state index contributed by atoms with van der Waals surface area (Å²) in [5, 5.41) is 6.89. The van der Waals surface area contributed by atoms with Gasteiger partial charge in [-0.25, -0.2) is 4.98 Å². The third-order valence-electron chi connectivity index (χ3n) is 8.74. The topological polar surface area (TPSA) is 48.8 Å². The number of hydrogen-bond acceptors (Lipinski definition) is 3. The first kappa shape index (κ1) is 22.7. The Morgan fingerprint density at radius 1 is 0.488 bits per heavy atom. The second kappa shape index (κ2) is 8.30. The molecule has 0 aliphatic carbocycles. The minimum Gasteiger partial charge on any atom is -0.456 e. The zero-order valence-corrected chi connectivity index (χ0v) is 22.9. The molecule has 0 aliphatic rings. The zero-order valence-electron chi connectivity index (χ0n) is 22.9. The lowest BCUT2D eigenvalue weighted by molar-refractivity contribution is 0.669. The van der Waals surface area contributed by atoms with Crippen LogP contribution in [0.1, 0.15) is 0 Å². The van der Waals surface area contributed by atoms with Gasteiger partial charge in [0, 0.05) is 33.0 Å². The van der Waals surface area contributed by atoms with Gasteiger partial charge in [-0.2, -0.15) is 0 Å². The number of benzene rings is 6. The van der Waals surface area contributed by atoms with E-state index in [1.807, 2.05) is 42.6 Å². The Morgan fingerprint density at radius 3 is 1.81 bits per heavy atom. The van der Waals surface area contributed by atoms with Gasteiger partial charge in [0.05, 0.1) is 50.4 Å². The second-order valence-electron chi connectivity index (χ2n) is 11.0. The summed E-state index contributed by atoms with van der Waals surface area (Å²) in [6.07, 6.45) is 1.88. The van der Waals surface area contributed by atoms with Crippen LogP contribution in [0.4, 0.5) is 0 Å². The van der Waals surface area contributed by atoms with Crippen molar-refractivity contribution in [2.45, 2.75) is 0 Å². The molecule has 4 aromatic heterocycles. The predicted molar refractivity (Wildman–Crippen MR) is 175 cm³/mol. The van der Waals surface area contributed by atoms with Crippen LogP contribution in [0.5, 0.6) is 0 Å². The van der Waals surface area contributed by atoms with Crippen LogP contribution < -0.4 is 0 Å². The Morgan fingerprint density at radius 2 is 1.07 bits per heavy atom. The molecule has 0 atom stereocenters. The molecule has 0 radical (unpaired) electrons. The second-order valence-corrected chi connectivity index (χ2v) is 11.0. The van der Waals surface area contributed by atoms with E-state index in [4.69, 9.17) is 14.4 Å². The molecule has 6 aromatic carbocycles. The Bertz CT molecular complexity index is 2690. The fourth-order valence-electron chi connectivity index (χ4n) is 6.99. The molecule has 0 saturated carbocycles. The number of aromatic nitrogens is 4. The SMILES string of the molecule is c1ccc2nc(-n3c4ccccc4c4c(-n5c6ccccc6c6ccccc65)cc5oc6ccccc6c5c43)cnc2c1. The molecular formula is C38H22N4O. The van der Waals surface area contributed by atoms with Crippen LogP contribution >= 0.6 is 0 Å². The van der Waals surface area contributed by atoms with Gasteiger partial charge in [0.2, 0.25) is 0 Å². The minimum absolute atomic E-state index is 0.774. The fourth-order valence-corrected chi connectivity index (χ4v) is 6.99. The smallest absolute Gasteiger partial charge is 0.156 e. The first-order valence-electron chi connectivity index (χ1n) is 14.4. The Hall–Kier alpha value is -5.94. The summed E-state index contributed by atoms with van der Waals surface area (Å²) in [4.78, 5) is 9.97. The molecular weight excluding hydrogens is 528 g/mol. The van der Waals surface area contributed by atoms with Gasteiger partial charge in [-0.1, -0.05) is 84.9 Å². The van der Waals surface area contributed by atoms with Gasteiger partial charge in [0.25, 0.3) is 0 Å². The molecule has 0 spiro atoms. The fraction of sp³-hybridized carbons (Fsp3) is 0. The summed E-state index contributed by atoms with van der Waals surface area (Å²) in [5.74, 6) is 0.774. The van der Waals surface area contributed by atoms with Gasteiger partial charge in [0.1, 0.15) is 11.2 Å². The van der Waals surface area contributed by atoms with Gasteiger partial charge in [0.15, 0.2) is 5.82 Å². The molecule has 0 bridgehead atoms. The van der Waals surface area contributed by atoms with Crippen LogP contribution in [0, 0.1) is 0 Å². The molecule has 5 nitrogen and oxygen atoms in total. The number of rotatable bonds is 2. The van der Waals surface area contributed by atoms with Crippen LogP contribution in [0.2, 0.25) is 0 Å². The van der Waals surface area contributed by atoms with Crippen LogP contribution in [0.25, 0.3) is 88.1 Å². The molecule has 10 aromatic rings. The van der Waals surface area contributed by atoms with Crippen molar-refractivity contribution in [1.82, 2.24) is 19.1 Å². The van der Waals surface area contributed by atoms with Gasteiger partial charge in [-0.05, 0) is 36.4 Å². The largest absolute Gasteiger partial charge is 0.456 e. The van der Waals surface area contributed by atoms with E-state index < -0.39 is 0 Å². The first-order chi connectivity index (χ1) is 21.3. The Balaban J connectivity index is 1.48. The van der Waals surface area contributed by atoms with Crippen LogP contribution in [0.3, 0.4) is 0 Å². The molecule has 0 amide bonds. The van der Waals surface area contributed by atoms with Crippen molar-refractivity contribution >= 4 is 76.6 Å². The lowest BCUT2D eigenvalue weighted by Gasteiger charge is -2.12. The summed E-state index contributed by atoms with van der Waals surface area (Å²) in [6, 6.07) is 44.4. The third kappa shape index (κ3) is 3.00. The minimum atomic E-state index is 0.774. The monoisotopic (exact) mass is 550 g/mol. The highest BCUT2D eigenvalue weighted by Crippen LogP contribution is 2.45. The molecule has 0 fully saturated rings. The first-order valence-corrected chi connectivity index (χ1v) is 14.4. The highest BCUT2D eigenvalue weighted by Gasteiger charge is 2.25. The normalized spacial score (nSPS) is 12.2. The predicted octanol–water partition coefficient (Wildman–Crippen LogP) is 9.72. The van der Waals surface area contributed by atoms with Crippen molar-refractivity contribution in [3.05, 3.63) is 134 Å². The van der Waals surface area contributed by atoms with Gasteiger partial charge < -0.3 is 8.98 Å².